The van der Waals surface area contributed by atoms with E-state index in [1.807, 2.05) is 0 Å². The van der Waals surface area contributed by atoms with Crippen LogP contribution in [0.3, 0.4) is 0 Å². The zero-order chi connectivity index (χ0) is 29.9. The SMILES string of the molecule is Nc1c(Cl)cc(C(=O)NCC2(O)CCN(CC3(O)CCOCC3)CC2)c2ncc(OC(=O)C(O)C(O)C(=O)O)cc12. The number of esters is 1. The van der Waals surface area contributed by atoms with Gasteiger partial charge in [0.2, 0.25) is 0 Å². The number of aromatic nitrogens is 1. The van der Waals surface area contributed by atoms with E-state index in [-0.39, 0.29) is 39.5 Å². The van der Waals surface area contributed by atoms with E-state index in [0.717, 1.165) is 6.20 Å². The highest BCUT2D eigenvalue weighted by Crippen LogP contribution is 2.33. The number of ether oxygens (including phenoxy) is 2. The summed E-state index contributed by atoms with van der Waals surface area (Å²) < 4.78 is 10.3. The number of aliphatic hydroxyl groups is 4. The summed E-state index contributed by atoms with van der Waals surface area (Å²) in [6.45, 7) is 2.59. The molecule has 2 aromatic rings. The molecule has 8 N–H and O–H groups in total. The number of halogens is 1. The molecule has 2 saturated heterocycles. The molecule has 2 fully saturated rings. The van der Waals surface area contributed by atoms with E-state index in [1.54, 1.807) is 0 Å². The molecule has 2 aliphatic heterocycles. The molecular formula is C26H33ClN4O10. The molecule has 0 saturated carbocycles. The quantitative estimate of drug-likeness (QED) is 0.140. The van der Waals surface area contributed by atoms with Crippen molar-refractivity contribution >= 4 is 46.0 Å². The van der Waals surface area contributed by atoms with Gasteiger partial charge in [0.15, 0.2) is 12.2 Å². The summed E-state index contributed by atoms with van der Waals surface area (Å²) in [5, 5.41) is 52.5. The first-order valence-electron chi connectivity index (χ1n) is 13.0. The van der Waals surface area contributed by atoms with Gasteiger partial charge < -0.3 is 51.0 Å². The molecule has 1 amide bonds. The first kappa shape index (κ1) is 30.8. The fraction of sp³-hybridized carbons (Fsp3) is 0.538. The number of β-amino-alcohol motifs (C(OH)–C–C–N with tert-alkyl or cyclic N) is 1. The number of aliphatic hydroxyl groups excluding tert-OH is 2. The number of aliphatic carboxylic acids is 1. The van der Waals surface area contributed by atoms with E-state index >= 15 is 0 Å². The average Bonchev–Trinajstić information content (AvgIpc) is 2.94. The number of fused-ring (bicyclic) bond motifs is 1. The van der Waals surface area contributed by atoms with E-state index in [0.29, 0.717) is 58.5 Å². The van der Waals surface area contributed by atoms with Gasteiger partial charge in [0.25, 0.3) is 5.91 Å². The number of anilines is 1. The number of pyridine rings is 1. The fourth-order valence-electron chi connectivity index (χ4n) is 4.91. The number of likely N-dealkylation sites (tertiary alicyclic amines) is 1. The minimum Gasteiger partial charge on any atom is -0.479 e. The second-order valence-electron chi connectivity index (χ2n) is 10.6. The summed E-state index contributed by atoms with van der Waals surface area (Å²) in [5.41, 5.74) is 4.27. The maximum Gasteiger partial charge on any atom is 0.343 e. The summed E-state index contributed by atoms with van der Waals surface area (Å²) in [7, 11) is 0. The number of rotatable bonds is 9. The largest absolute Gasteiger partial charge is 0.479 e. The minimum atomic E-state index is -2.40. The van der Waals surface area contributed by atoms with Crippen LogP contribution in [0, 0.1) is 0 Å². The number of carboxylic acid groups (broad SMARTS) is 1. The Labute approximate surface area is 239 Å². The maximum absolute atomic E-state index is 13.1. The molecule has 41 heavy (non-hydrogen) atoms. The van der Waals surface area contributed by atoms with Gasteiger partial charge in [0.1, 0.15) is 5.75 Å². The van der Waals surface area contributed by atoms with Gasteiger partial charge in [-0.2, -0.15) is 0 Å². The Hall–Kier alpha value is -3.11. The number of piperidine rings is 1. The molecular weight excluding hydrogens is 564 g/mol. The number of carboxylic acids is 1. The van der Waals surface area contributed by atoms with Crippen molar-refractivity contribution in [1.29, 1.82) is 0 Å². The Bertz CT molecular complexity index is 1310. The van der Waals surface area contributed by atoms with Crippen molar-refractivity contribution in [3.8, 4) is 5.75 Å². The lowest BCUT2D eigenvalue weighted by atomic mass is 9.88. The third-order valence-electron chi connectivity index (χ3n) is 7.50. The highest BCUT2D eigenvalue weighted by molar-refractivity contribution is 6.35. The van der Waals surface area contributed by atoms with Crippen molar-refractivity contribution in [2.24, 2.45) is 0 Å². The molecule has 14 nitrogen and oxygen atoms in total. The predicted octanol–water partition coefficient (Wildman–Crippen LogP) is -0.720. The van der Waals surface area contributed by atoms with Gasteiger partial charge >= 0.3 is 11.9 Å². The molecule has 0 spiro atoms. The van der Waals surface area contributed by atoms with Crippen molar-refractivity contribution in [2.45, 2.75) is 49.1 Å². The number of hydrogen-bond acceptors (Lipinski definition) is 12. The number of hydrogen-bond donors (Lipinski definition) is 7. The molecule has 1 aromatic carbocycles. The predicted molar refractivity (Wildman–Crippen MR) is 144 cm³/mol. The normalized spacial score (nSPS) is 20.2. The lowest BCUT2D eigenvalue weighted by molar-refractivity contribution is -0.164. The Morgan fingerprint density at radius 2 is 1.76 bits per heavy atom. The molecule has 15 heteroatoms. The maximum atomic E-state index is 13.1. The van der Waals surface area contributed by atoms with Crippen LogP contribution in [0.5, 0.6) is 5.75 Å². The number of nitrogens with one attached hydrogen (secondary N) is 1. The van der Waals surface area contributed by atoms with Crippen LogP contribution in [0.1, 0.15) is 36.0 Å². The number of amides is 1. The van der Waals surface area contributed by atoms with Crippen LogP contribution in [0.2, 0.25) is 5.02 Å². The van der Waals surface area contributed by atoms with Crippen LogP contribution in [0.4, 0.5) is 5.69 Å². The number of benzene rings is 1. The van der Waals surface area contributed by atoms with Gasteiger partial charge in [-0.05, 0) is 25.0 Å². The Morgan fingerprint density at radius 3 is 2.39 bits per heavy atom. The molecule has 4 rings (SSSR count). The Balaban J connectivity index is 1.41. The highest BCUT2D eigenvalue weighted by Gasteiger charge is 2.37. The summed E-state index contributed by atoms with van der Waals surface area (Å²) in [6.07, 6.45) is -1.79. The van der Waals surface area contributed by atoms with E-state index in [9.17, 15) is 34.8 Å². The highest BCUT2D eigenvalue weighted by atomic mass is 35.5. The van der Waals surface area contributed by atoms with E-state index < -0.39 is 41.3 Å². The number of nitrogens with two attached hydrogens (primary N) is 1. The first-order valence-corrected chi connectivity index (χ1v) is 13.4. The van der Waals surface area contributed by atoms with E-state index in [1.165, 1.54) is 12.1 Å². The zero-order valence-electron chi connectivity index (χ0n) is 22.1. The van der Waals surface area contributed by atoms with Crippen LogP contribution in [-0.2, 0) is 14.3 Å². The number of nitrogen functional groups attached to an aromatic ring is 1. The van der Waals surface area contributed by atoms with Crippen LogP contribution >= 0.6 is 11.6 Å². The Kier molecular flexibility index (Phi) is 9.33. The molecule has 2 atom stereocenters. The zero-order valence-corrected chi connectivity index (χ0v) is 22.8. The van der Waals surface area contributed by atoms with E-state index in [2.05, 4.69) is 15.2 Å². The Morgan fingerprint density at radius 1 is 1.10 bits per heavy atom. The molecule has 1 aromatic heterocycles. The van der Waals surface area contributed by atoms with Gasteiger partial charge in [0.05, 0.1) is 39.2 Å². The summed E-state index contributed by atoms with van der Waals surface area (Å²) in [4.78, 5) is 42.2. The molecule has 0 radical (unpaired) electrons. The molecule has 0 aliphatic carbocycles. The van der Waals surface area contributed by atoms with E-state index in [4.69, 9.17) is 31.9 Å². The van der Waals surface area contributed by atoms with Gasteiger partial charge in [-0.1, -0.05) is 11.6 Å². The van der Waals surface area contributed by atoms with Gasteiger partial charge in [0, 0.05) is 57.6 Å². The van der Waals surface area contributed by atoms with Crippen molar-refractivity contribution in [2.75, 3.05) is 45.1 Å². The van der Waals surface area contributed by atoms with Crippen LogP contribution in [0.25, 0.3) is 10.9 Å². The molecule has 2 unspecified atom stereocenters. The minimum absolute atomic E-state index is 0.00678. The lowest BCUT2D eigenvalue weighted by Gasteiger charge is -2.42. The second-order valence-corrected chi connectivity index (χ2v) is 11.0. The summed E-state index contributed by atoms with van der Waals surface area (Å²) in [5.74, 6) is -4.09. The van der Waals surface area contributed by atoms with Gasteiger partial charge in [-0.25, -0.2) is 9.59 Å². The summed E-state index contributed by atoms with van der Waals surface area (Å²) >= 11 is 6.24. The van der Waals surface area contributed by atoms with Crippen LogP contribution < -0.4 is 15.8 Å². The molecule has 0 bridgehead atoms. The van der Waals surface area contributed by atoms with Gasteiger partial charge in [-0.15, -0.1) is 0 Å². The first-order chi connectivity index (χ1) is 19.3. The van der Waals surface area contributed by atoms with Crippen molar-refractivity contribution in [3.63, 3.8) is 0 Å². The van der Waals surface area contributed by atoms with Gasteiger partial charge in [-0.3, -0.25) is 9.78 Å². The lowest BCUT2D eigenvalue weighted by Crippen LogP contribution is -2.54. The number of nitrogens with zero attached hydrogens (tertiary/aromatic N) is 2. The topological polar surface area (TPSA) is 225 Å². The third-order valence-corrected chi connectivity index (χ3v) is 7.81. The second kappa shape index (κ2) is 12.4. The monoisotopic (exact) mass is 596 g/mol. The third kappa shape index (κ3) is 7.22. The van der Waals surface area contributed by atoms with Crippen LogP contribution in [-0.4, -0.2) is 116 Å². The fourth-order valence-corrected chi connectivity index (χ4v) is 5.12. The number of carbonyl (C=O) groups is 3. The smallest absolute Gasteiger partial charge is 0.343 e. The van der Waals surface area contributed by atoms with Crippen LogP contribution in [0.15, 0.2) is 18.3 Å². The standard InChI is InChI=1S/C26H33ClN4O10/c27-17-10-16(19-15(18(17)28)9-14(11-29-19)41-24(37)21(33)20(32)23(35)36)22(34)30-12-25(38)1-5-31(6-2-25)13-26(39)3-7-40-8-4-26/h9-11,20-21,32-33,38-39H,1-8,12-13,28H2,(H,30,34)(H,35,36). The molecule has 3 heterocycles. The van der Waals surface area contributed by atoms with Crippen molar-refractivity contribution in [3.05, 3.63) is 28.9 Å². The average molecular weight is 597 g/mol. The molecule has 224 valence electrons. The number of carbonyl (C=O) groups excluding carboxylic acids is 2. The van der Waals surface area contributed by atoms with Crippen molar-refractivity contribution < 1.29 is 49.4 Å². The summed E-state index contributed by atoms with van der Waals surface area (Å²) in [6, 6.07) is 2.55. The van der Waals surface area contributed by atoms with Crippen molar-refractivity contribution in [1.82, 2.24) is 15.2 Å². The molecule has 2 aliphatic rings.